The van der Waals surface area contributed by atoms with E-state index in [-0.39, 0.29) is 23.5 Å². The van der Waals surface area contributed by atoms with Gasteiger partial charge < -0.3 is 4.90 Å². The van der Waals surface area contributed by atoms with Crippen LogP contribution in [0.15, 0.2) is 54.6 Å². The van der Waals surface area contributed by atoms with E-state index in [4.69, 9.17) is 0 Å². The number of nitro groups is 1. The molecule has 25 heavy (non-hydrogen) atoms. The summed E-state index contributed by atoms with van der Waals surface area (Å²) in [6.07, 6.45) is 5.06. The van der Waals surface area contributed by atoms with Crippen molar-refractivity contribution in [3.63, 3.8) is 0 Å². The standard InChI is InChI=1S/C19H17FN2O3/c20-16-6-1-15(2-7-16)13-21(17-10-11-17)19(23)12-5-14-3-8-18(9-4-14)22(24)25/h1-9,12,17H,10-11,13H2/b12-5+. The molecule has 5 nitrogen and oxygen atoms in total. The van der Waals surface area contributed by atoms with Crippen molar-refractivity contribution in [3.05, 3.63) is 81.7 Å². The van der Waals surface area contributed by atoms with E-state index in [1.165, 1.54) is 30.3 Å². The van der Waals surface area contributed by atoms with Crippen molar-refractivity contribution in [2.24, 2.45) is 0 Å². The first kappa shape index (κ1) is 16.8. The van der Waals surface area contributed by atoms with E-state index in [1.54, 1.807) is 35.2 Å². The lowest BCUT2D eigenvalue weighted by atomic mass is 10.1. The highest BCUT2D eigenvalue weighted by molar-refractivity contribution is 5.92. The molecule has 0 aromatic heterocycles. The first-order valence-electron chi connectivity index (χ1n) is 8.00. The average Bonchev–Trinajstić information content (AvgIpc) is 3.44. The molecular weight excluding hydrogens is 323 g/mol. The van der Waals surface area contributed by atoms with Crippen molar-refractivity contribution in [2.45, 2.75) is 25.4 Å². The first-order chi connectivity index (χ1) is 12.0. The Morgan fingerprint density at radius 3 is 2.36 bits per heavy atom. The fourth-order valence-electron chi connectivity index (χ4n) is 2.53. The highest BCUT2D eigenvalue weighted by Crippen LogP contribution is 2.29. The van der Waals surface area contributed by atoms with Crippen LogP contribution in [0, 0.1) is 15.9 Å². The van der Waals surface area contributed by atoms with E-state index in [0.29, 0.717) is 6.54 Å². The summed E-state index contributed by atoms with van der Waals surface area (Å²) in [5.74, 6) is -0.420. The Morgan fingerprint density at radius 2 is 1.80 bits per heavy atom. The number of hydrogen-bond acceptors (Lipinski definition) is 3. The third-order valence-electron chi connectivity index (χ3n) is 4.06. The monoisotopic (exact) mass is 340 g/mol. The number of nitrogens with zero attached hydrogens (tertiary/aromatic N) is 2. The zero-order valence-electron chi connectivity index (χ0n) is 13.5. The lowest BCUT2D eigenvalue weighted by Gasteiger charge is -2.21. The number of carbonyl (C=O) groups is 1. The Kier molecular flexibility index (Phi) is 4.88. The Balaban J connectivity index is 1.68. The van der Waals surface area contributed by atoms with Gasteiger partial charge in [-0.05, 0) is 54.3 Å². The van der Waals surface area contributed by atoms with E-state index in [2.05, 4.69) is 0 Å². The van der Waals surface area contributed by atoms with E-state index in [1.807, 2.05) is 0 Å². The molecule has 0 spiro atoms. The summed E-state index contributed by atoms with van der Waals surface area (Å²) in [4.78, 5) is 24.5. The molecule has 0 atom stereocenters. The van der Waals surface area contributed by atoms with Crippen molar-refractivity contribution >= 4 is 17.7 Å². The molecule has 0 heterocycles. The van der Waals surface area contributed by atoms with Gasteiger partial charge in [-0.2, -0.15) is 0 Å². The number of halogens is 1. The van der Waals surface area contributed by atoms with Crippen LogP contribution in [0.5, 0.6) is 0 Å². The fourth-order valence-corrected chi connectivity index (χ4v) is 2.53. The van der Waals surface area contributed by atoms with Gasteiger partial charge in [-0.3, -0.25) is 14.9 Å². The Bertz CT molecular complexity index is 796. The quantitative estimate of drug-likeness (QED) is 0.454. The summed E-state index contributed by atoms with van der Waals surface area (Å²) in [6.45, 7) is 0.439. The molecule has 0 radical (unpaired) electrons. The first-order valence-corrected chi connectivity index (χ1v) is 8.00. The maximum Gasteiger partial charge on any atom is 0.269 e. The number of rotatable bonds is 6. The molecule has 0 N–H and O–H groups in total. The molecule has 0 saturated heterocycles. The molecular formula is C19H17FN2O3. The van der Waals surface area contributed by atoms with Crippen molar-refractivity contribution < 1.29 is 14.1 Å². The molecule has 0 unspecified atom stereocenters. The Hall–Kier alpha value is -3.02. The zero-order chi connectivity index (χ0) is 17.8. The topological polar surface area (TPSA) is 63.4 Å². The van der Waals surface area contributed by atoms with Crippen molar-refractivity contribution in [1.82, 2.24) is 4.90 Å². The van der Waals surface area contributed by atoms with Gasteiger partial charge in [0.05, 0.1) is 4.92 Å². The lowest BCUT2D eigenvalue weighted by molar-refractivity contribution is -0.384. The van der Waals surface area contributed by atoms with Gasteiger partial charge in [0.1, 0.15) is 5.82 Å². The molecule has 1 aliphatic carbocycles. The average molecular weight is 340 g/mol. The van der Waals surface area contributed by atoms with Gasteiger partial charge in [0.15, 0.2) is 0 Å². The van der Waals surface area contributed by atoms with E-state index in [9.17, 15) is 19.3 Å². The smallest absolute Gasteiger partial charge is 0.269 e. The minimum absolute atomic E-state index is 0.0133. The second-order valence-electron chi connectivity index (χ2n) is 6.01. The minimum atomic E-state index is -0.462. The highest BCUT2D eigenvalue weighted by atomic mass is 19.1. The van der Waals surface area contributed by atoms with Gasteiger partial charge in [0.2, 0.25) is 5.91 Å². The SMILES string of the molecule is O=C(/C=C/c1ccc([N+](=O)[O-])cc1)N(Cc1ccc(F)cc1)C1CC1. The summed E-state index contributed by atoms with van der Waals surface area (Å²) in [5.41, 5.74) is 1.61. The number of benzene rings is 2. The predicted molar refractivity (Wildman–Crippen MR) is 92.1 cm³/mol. The van der Waals surface area contributed by atoms with Crippen LogP contribution in [0.3, 0.4) is 0 Å². The fraction of sp³-hybridized carbons (Fsp3) is 0.211. The molecule has 1 fully saturated rings. The Morgan fingerprint density at radius 1 is 1.16 bits per heavy atom. The second kappa shape index (κ2) is 7.25. The third kappa shape index (κ3) is 4.50. The van der Waals surface area contributed by atoms with Crippen LogP contribution in [0.4, 0.5) is 10.1 Å². The third-order valence-corrected chi connectivity index (χ3v) is 4.06. The van der Waals surface area contributed by atoms with Crippen LogP contribution in [-0.2, 0) is 11.3 Å². The minimum Gasteiger partial charge on any atom is -0.332 e. The molecule has 0 bridgehead atoms. The number of hydrogen-bond donors (Lipinski definition) is 0. The zero-order valence-corrected chi connectivity index (χ0v) is 13.5. The molecule has 0 aliphatic heterocycles. The van der Waals surface area contributed by atoms with Crippen LogP contribution >= 0.6 is 0 Å². The van der Waals surface area contributed by atoms with E-state index < -0.39 is 4.92 Å². The number of amides is 1. The van der Waals surface area contributed by atoms with Crippen LogP contribution in [0.2, 0.25) is 0 Å². The molecule has 6 heteroatoms. The summed E-state index contributed by atoms with van der Waals surface area (Å²) >= 11 is 0. The number of nitro benzene ring substituents is 1. The molecule has 2 aromatic carbocycles. The highest BCUT2D eigenvalue weighted by Gasteiger charge is 2.31. The summed E-state index contributed by atoms with van der Waals surface area (Å²) in [5, 5.41) is 10.6. The summed E-state index contributed by atoms with van der Waals surface area (Å²) in [6, 6.07) is 12.4. The Labute approximate surface area is 144 Å². The summed E-state index contributed by atoms with van der Waals surface area (Å²) in [7, 11) is 0. The largest absolute Gasteiger partial charge is 0.332 e. The molecule has 128 valence electrons. The van der Waals surface area contributed by atoms with E-state index in [0.717, 1.165) is 24.0 Å². The van der Waals surface area contributed by atoms with Crippen molar-refractivity contribution in [3.8, 4) is 0 Å². The van der Waals surface area contributed by atoms with Gasteiger partial charge in [-0.15, -0.1) is 0 Å². The van der Waals surface area contributed by atoms with Crippen LogP contribution in [0.25, 0.3) is 6.08 Å². The molecule has 2 aromatic rings. The second-order valence-corrected chi connectivity index (χ2v) is 6.01. The van der Waals surface area contributed by atoms with Gasteiger partial charge in [0.25, 0.3) is 5.69 Å². The lowest BCUT2D eigenvalue weighted by Crippen LogP contribution is -2.31. The molecule has 1 aliphatic rings. The predicted octanol–water partition coefficient (Wildman–Crippen LogP) is 3.94. The molecule has 1 amide bonds. The maximum absolute atomic E-state index is 13.0. The van der Waals surface area contributed by atoms with Crippen LogP contribution < -0.4 is 0 Å². The number of non-ortho nitro benzene ring substituents is 1. The van der Waals surface area contributed by atoms with Gasteiger partial charge >= 0.3 is 0 Å². The van der Waals surface area contributed by atoms with E-state index >= 15 is 0 Å². The van der Waals surface area contributed by atoms with Crippen molar-refractivity contribution in [2.75, 3.05) is 0 Å². The van der Waals surface area contributed by atoms with Crippen molar-refractivity contribution in [1.29, 1.82) is 0 Å². The van der Waals surface area contributed by atoms with Gasteiger partial charge in [-0.1, -0.05) is 12.1 Å². The number of carbonyl (C=O) groups excluding carboxylic acids is 1. The molecule has 1 saturated carbocycles. The maximum atomic E-state index is 13.0. The normalized spacial score (nSPS) is 13.8. The van der Waals surface area contributed by atoms with Crippen LogP contribution in [0.1, 0.15) is 24.0 Å². The van der Waals surface area contributed by atoms with Gasteiger partial charge in [0, 0.05) is 30.8 Å². The van der Waals surface area contributed by atoms with Crippen LogP contribution in [-0.4, -0.2) is 21.8 Å². The van der Waals surface area contributed by atoms with Gasteiger partial charge in [-0.25, -0.2) is 4.39 Å². The summed E-state index contributed by atoms with van der Waals surface area (Å²) < 4.78 is 13.0. The molecule has 3 rings (SSSR count).